The largest absolute Gasteiger partial charge is 0.365 e. The second kappa shape index (κ2) is 9.26. The predicted octanol–water partition coefficient (Wildman–Crippen LogP) is 0.446. The Morgan fingerprint density at radius 3 is 2.34 bits per heavy atom. The number of H-pyrrole nitrogens is 1. The Hall–Kier alpha value is -3.67. The first-order valence-corrected chi connectivity index (χ1v) is 14.0. The van der Waals surface area contributed by atoms with Crippen LogP contribution in [0.25, 0.3) is 0 Å². The SMILES string of the molecule is N#CC1C[C@@H]2C[C@@H]2N1C(=O)CNCCC1(c2nn[nH]n2)c2cc(C(N)=O)sc2CCc2sc(C(N)=O)cc21. The summed E-state index contributed by atoms with van der Waals surface area (Å²) in [5.41, 5.74) is 12.0. The lowest BCUT2D eigenvalue weighted by Crippen LogP contribution is -2.44. The maximum atomic E-state index is 13.0. The van der Waals surface area contributed by atoms with E-state index in [2.05, 4.69) is 32.0 Å². The summed E-state index contributed by atoms with van der Waals surface area (Å²) < 4.78 is 0. The number of nitrogens with two attached hydrogens (primary N) is 2. The highest BCUT2D eigenvalue weighted by atomic mass is 32.1. The highest BCUT2D eigenvalue weighted by Gasteiger charge is 2.54. The van der Waals surface area contributed by atoms with Gasteiger partial charge in [-0.3, -0.25) is 14.4 Å². The zero-order valence-electron chi connectivity index (χ0n) is 20.3. The maximum absolute atomic E-state index is 13.0. The molecule has 12 nitrogen and oxygen atoms in total. The van der Waals surface area contributed by atoms with Crippen LogP contribution in [0, 0.1) is 17.2 Å². The molecule has 0 spiro atoms. The topological polar surface area (TPSA) is 197 Å². The van der Waals surface area contributed by atoms with E-state index in [0.29, 0.717) is 47.3 Å². The van der Waals surface area contributed by atoms with Gasteiger partial charge in [-0.2, -0.15) is 10.5 Å². The third-order valence-electron chi connectivity index (χ3n) is 7.82. The Balaban J connectivity index is 1.35. The van der Waals surface area contributed by atoms with Gasteiger partial charge in [-0.1, -0.05) is 5.21 Å². The molecule has 2 fully saturated rings. The van der Waals surface area contributed by atoms with Crippen molar-refractivity contribution in [2.75, 3.05) is 13.1 Å². The van der Waals surface area contributed by atoms with Crippen molar-refractivity contribution in [3.05, 3.63) is 48.6 Å². The highest BCUT2D eigenvalue weighted by molar-refractivity contribution is 7.15. The fraction of sp³-hybridized carbons (Fsp3) is 0.458. The Kier molecular flexibility index (Phi) is 6.01. The molecule has 6 N–H and O–H groups in total. The molecule has 1 unspecified atom stereocenters. The monoisotopic (exact) mass is 551 g/mol. The molecule has 3 amide bonds. The van der Waals surface area contributed by atoms with Crippen LogP contribution in [-0.4, -0.2) is 68.4 Å². The number of rotatable bonds is 8. The van der Waals surface area contributed by atoms with Gasteiger partial charge >= 0.3 is 0 Å². The number of nitriles is 1. The van der Waals surface area contributed by atoms with Crippen LogP contribution in [0.2, 0.25) is 0 Å². The smallest absolute Gasteiger partial charge is 0.258 e. The summed E-state index contributed by atoms with van der Waals surface area (Å²) in [6, 6.07) is 5.65. The Bertz CT molecular complexity index is 1410. The zero-order chi connectivity index (χ0) is 26.6. The van der Waals surface area contributed by atoms with E-state index in [1.807, 2.05) is 0 Å². The first-order valence-electron chi connectivity index (χ1n) is 12.3. The summed E-state index contributed by atoms with van der Waals surface area (Å²) in [5.74, 6) is -0.288. The van der Waals surface area contributed by atoms with Crippen molar-refractivity contribution in [2.24, 2.45) is 17.4 Å². The summed E-state index contributed by atoms with van der Waals surface area (Å²) in [7, 11) is 0. The third kappa shape index (κ3) is 3.89. The van der Waals surface area contributed by atoms with Crippen molar-refractivity contribution < 1.29 is 14.4 Å². The number of likely N-dealkylation sites (tertiary alicyclic amines) is 1. The van der Waals surface area contributed by atoms with Gasteiger partial charge in [0, 0.05) is 15.8 Å². The molecule has 3 aromatic rings. The summed E-state index contributed by atoms with van der Waals surface area (Å²) >= 11 is 2.70. The van der Waals surface area contributed by atoms with E-state index in [-0.39, 0.29) is 24.5 Å². The standard InChI is InChI=1S/C24H25N9O3S2/c25-9-12-5-11-6-15(11)33(12)20(34)10-28-4-3-24(23-29-31-32-30-23)13-7-18(21(26)35)37-16(13)1-2-17-14(24)8-19(38-17)22(27)36/h7-8,11-12,15,28H,1-6,10H2,(H2,26,35)(H2,27,36)(H,29,30,31,32)/t11-,12?,15+/m1/s1. The first-order chi connectivity index (χ1) is 18.3. The molecule has 14 heteroatoms. The minimum Gasteiger partial charge on any atom is -0.365 e. The molecule has 1 aliphatic heterocycles. The number of primary amides is 2. The van der Waals surface area contributed by atoms with E-state index in [9.17, 15) is 19.6 Å². The third-order valence-corrected chi connectivity index (χ3v) is 10.2. The number of hydrogen-bond donors (Lipinski definition) is 4. The number of carbonyl (C=O) groups is 3. The first kappa shape index (κ1) is 24.7. The lowest BCUT2D eigenvalue weighted by atomic mass is 9.71. The van der Waals surface area contributed by atoms with Gasteiger partial charge in [0.2, 0.25) is 5.91 Å². The molecular weight excluding hydrogens is 526 g/mol. The van der Waals surface area contributed by atoms with Crippen molar-refractivity contribution in [3.63, 3.8) is 0 Å². The Morgan fingerprint density at radius 2 is 1.79 bits per heavy atom. The van der Waals surface area contributed by atoms with Gasteiger partial charge in [0.15, 0.2) is 5.82 Å². The van der Waals surface area contributed by atoms with E-state index >= 15 is 0 Å². The average Bonchev–Trinajstić information content (AvgIpc) is 3.40. The summed E-state index contributed by atoms with van der Waals surface area (Å²) in [6.07, 6.45) is 3.43. The Morgan fingerprint density at radius 1 is 1.13 bits per heavy atom. The van der Waals surface area contributed by atoms with Gasteiger partial charge in [-0.25, -0.2) is 0 Å². The van der Waals surface area contributed by atoms with Crippen molar-refractivity contribution in [2.45, 2.75) is 49.6 Å². The zero-order valence-corrected chi connectivity index (χ0v) is 21.9. The number of nitrogens with one attached hydrogen (secondary N) is 2. The van der Waals surface area contributed by atoms with E-state index in [0.717, 1.165) is 33.7 Å². The summed E-state index contributed by atoms with van der Waals surface area (Å²) in [6.45, 7) is 0.484. The lowest BCUT2D eigenvalue weighted by Gasteiger charge is -2.31. The molecule has 2 aliphatic carbocycles. The lowest BCUT2D eigenvalue weighted by molar-refractivity contribution is -0.131. The highest BCUT2D eigenvalue weighted by Crippen LogP contribution is 2.50. The molecule has 0 radical (unpaired) electrons. The number of carbonyl (C=O) groups excluding carboxylic acids is 3. The predicted molar refractivity (Wildman–Crippen MR) is 137 cm³/mol. The van der Waals surface area contributed by atoms with Crippen molar-refractivity contribution in [1.29, 1.82) is 5.26 Å². The number of hydrogen-bond acceptors (Lipinski definition) is 10. The molecule has 0 aromatic carbocycles. The van der Waals surface area contributed by atoms with Crippen LogP contribution in [-0.2, 0) is 23.1 Å². The molecule has 6 rings (SSSR count). The number of thiophene rings is 2. The number of aryl methyl sites for hydroxylation is 2. The molecule has 0 bridgehead atoms. The van der Waals surface area contributed by atoms with Gasteiger partial charge < -0.3 is 21.7 Å². The summed E-state index contributed by atoms with van der Waals surface area (Å²) in [4.78, 5) is 41.8. The molecule has 1 saturated heterocycles. The number of amides is 3. The summed E-state index contributed by atoms with van der Waals surface area (Å²) in [5, 5.41) is 27.8. The van der Waals surface area contributed by atoms with Crippen molar-refractivity contribution in [3.8, 4) is 6.07 Å². The van der Waals surface area contributed by atoms with Gasteiger partial charge in [0.1, 0.15) is 6.04 Å². The van der Waals surface area contributed by atoms with Crippen LogP contribution in [0.5, 0.6) is 0 Å². The van der Waals surface area contributed by atoms with Gasteiger partial charge in [0.05, 0.1) is 27.8 Å². The second-order valence-corrected chi connectivity index (χ2v) is 12.2. The molecule has 4 heterocycles. The Labute approximate surface area is 225 Å². The minimum absolute atomic E-state index is 0.0875. The minimum atomic E-state index is -0.955. The number of aromatic amines is 1. The van der Waals surface area contributed by atoms with E-state index in [1.54, 1.807) is 17.0 Å². The number of nitrogens with zero attached hydrogens (tertiary/aromatic N) is 5. The fourth-order valence-electron chi connectivity index (χ4n) is 6.02. The van der Waals surface area contributed by atoms with Crippen LogP contribution in [0.15, 0.2) is 12.1 Å². The molecule has 1 saturated carbocycles. The molecule has 196 valence electrons. The van der Waals surface area contributed by atoms with Crippen LogP contribution in [0.1, 0.15) is 65.3 Å². The van der Waals surface area contributed by atoms with Crippen LogP contribution < -0.4 is 16.8 Å². The van der Waals surface area contributed by atoms with Crippen molar-refractivity contribution in [1.82, 2.24) is 30.8 Å². The second-order valence-electron chi connectivity index (χ2n) is 9.94. The van der Waals surface area contributed by atoms with E-state index < -0.39 is 17.2 Å². The average molecular weight is 552 g/mol. The molecule has 3 atom stereocenters. The number of aromatic nitrogens is 4. The quantitative estimate of drug-likeness (QED) is 0.289. The normalized spacial score (nSPS) is 22.6. The molecule has 3 aliphatic rings. The molecular formula is C24H25N9O3S2. The van der Waals surface area contributed by atoms with Crippen molar-refractivity contribution >= 4 is 40.4 Å². The number of piperidine rings is 1. The number of tetrazole rings is 1. The van der Waals surface area contributed by atoms with Gasteiger partial charge in [-0.15, -0.1) is 32.9 Å². The number of fused-ring (bicyclic) bond motifs is 3. The molecule has 38 heavy (non-hydrogen) atoms. The molecule has 3 aromatic heterocycles. The van der Waals surface area contributed by atoms with Gasteiger partial charge in [-0.05, 0) is 67.8 Å². The van der Waals surface area contributed by atoms with Crippen LogP contribution >= 0.6 is 22.7 Å². The fourth-order valence-corrected chi connectivity index (χ4v) is 8.20. The van der Waals surface area contributed by atoms with Gasteiger partial charge in [0.25, 0.3) is 11.8 Å². The van der Waals surface area contributed by atoms with E-state index in [1.165, 1.54) is 22.7 Å². The maximum Gasteiger partial charge on any atom is 0.258 e. The van der Waals surface area contributed by atoms with Crippen LogP contribution in [0.4, 0.5) is 0 Å². The van der Waals surface area contributed by atoms with Crippen LogP contribution in [0.3, 0.4) is 0 Å². The van der Waals surface area contributed by atoms with E-state index in [4.69, 9.17) is 11.5 Å².